The summed E-state index contributed by atoms with van der Waals surface area (Å²) >= 11 is 3.03. The summed E-state index contributed by atoms with van der Waals surface area (Å²) in [5.41, 5.74) is 2.85. The molecule has 3 aromatic carbocycles. The Hall–Kier alpha value is -3.49. The fraction of sp³-hybridized carbons (Fsp3) is 0.214. The molecule has 1 unspecified atom stereocenters. The highest BCUT2D eigenvalue weighted by Crippen LogP contribution is 2.34. The summed E-state index contributed by atoms with van der Waals surface area (Å²) in [6.07, 6.45) is 2.44. The molecule has 1 aliphatic rings. The SMILES string of the molecule is O=C(Nc1nnc(C2CC(=O)N(c3ccccc3)C2)s1)c1ccccc1SCCCc1ccccc1. The van der Waals surface area contributed by atoms with Crippen LogP contribution in [0.3, 0.4) is 0 Å². The fourth-order valence-corrected chi connectivity index (χ4v) is 6.06. The van der Waals surface area contributed by atoms with Crippen LogP contribution in [0.15, 0.2) is 89.8 Å². The van der Waals surface area contributed by atoms with Crippen molar-refractivity contribution in [3.05, 3.63) is 101 Å². The van der Waals surface area contributed by atoms with E-state index in [1.54, 1.807) is 16.7 Å². The first-order valence-corrected chi connectivity index (χ1v) is 13.7. The van der Waals surface area contributed by atoms with Gasteiger partial charge in [-0.2, -0.15) is 0 Å². The van der Waals surface area contributed by atoms with E-state index in [-0.39, 0.29) is 17.7 Å². The van der Waals surface area contributed by atoms with Crippen LogP contribution in [0, 0.1) is 0 Å². The molecule has 4 aromatic rings. The van der Waals surface area contributed by atoms with Gasteiger partial charge in [0.1, 0.15) is 5.01 Å². The second kappa shape index (κ2) is 11.5. The van der Waals surface area contributed by atoms with Gasteiger partial charge < -0.3 is 4.90 Å². The van der Waals surface area contributed by atoms with Crippen molar-refractivity contribution in [2.75, 3.05) is 22.5 Å². The smallest absolute Gasteiger partial charge is 0.258 e. The number of rotatable bonds is 9. The molecule has 1 fully saturated rings. The molecular weight excluding hydrogens is 488 g/mol. The third-order valence-corrected chi connectivity index (χ3v) is 8.21. The lowest BCUT2D eigenvalue weighted by Gasteiger charge is -2.15. The number of nitrogens with zero attached hydrogens (tertiary/aromatic N) is 3. The lowest BCUT2D eigenvalue weighted by Crippen LogP contribution is -2.24. The van der Waals surface area contributed by atoms with Crippen LogP contribution in [-0.4, -0.2) is 34.3 Å². The minimum atomic E-state index is -0.197. The number of thioether (sulfide) groups is 1. The van der Waals surface area contributed by atoms with Crippen LogP contribution in [0.25, 0.3) is 0 Å². The predicted molar refractivity (Wildman–Crippen MR) is 146 cm³/mol. The molecule has 5 rings (SSSR count). The van der Waals surface area contributed by atoms with Crippen molar-refractivity contribution in [1.82, 2.24) is 10.2 Å². The van der Waals surface area contributed by atoms with Gasteiger partial charge in [0.2, 0.25) is 11.0 Å². The zero-order chi connectivity index (χ0) is 24.7. The number of hydrogen-bond donors (Lipinski definition) is 1. The molecule has 0 bridgehead atoms. The van der Waals surface area contributed by atoms with Gasteiger partial charge in [-0.05, 0) is 48.4 Å². The quantitative estimate of drug-likeness (QED) is 0.218. The van der Waals surface area contributed by atoms with Gasteiger partial charge in [-0.15, -0.1) is 22.0 Å². The Bertz CT molecular complexity index is 1330. The number of benzene rings is 3. The van der Waals surface area contributed by atoms with Crippen LogP contribution >= 0.6 is 23.1 Å². The summed E-state index contributed by atoms with van der Waals surface area (Å²) in [6.45, 7) is 0.563. The molecule has 36 heavy (non-hydrogen) atoms. The van der Waals surface area contributed by atoms with E-state index in [2.05, 4.69) is 39.8 Å². The maximum absolute atomic E-state index is 13.1. The van der Waals surface area contributed by atoms with E-state index >= 15 is 0 Å². The second-order valence-corrected chi connectivity index (χ2v) is 10.7. The maximum atomic E-state index is 13.1. The van der Waals surface area contributed by atoms with Crippen LogP contribution in [0.5, 0.6) is 0 Å². The Kier molecular flexibility index (Phi) is 7.73. The lowest BCUT2D eigenvalue weighted by atomic mass is 10.1. The molecule has 2 amide bonds. The third kappa shape index (κ3) is 5.83. The molecule has 0 spiro atoms. The molecule has 6 nitrogen and oxygen atoms in total. The average molecular weight is 515 g/mol. The van der Waals surface area contributed by atoms with Gasteiger partial charge in [0.05, 0.1) is 5.56 Å². The second-order valence-electron chi connectivity index (χ2n) is 8.57. The minimum absolute atomic E-state index is 0.0340. The summed E-state index contributed by atoms with van der Waals surface area (Å²) in [6, 6.07) is 27.7. The lowest BCUT2D eigenvalue weighted by molar-refractivity contribution is -0.117. The molecule has 0 saturated carbocycles. The Morgan fingerprint density at radius 2 is 1.69 bits per heavy atom. The van der Waals surface area contributed by atoms with E-state index in [9.17, 15) is 9.59 Å². The number of para-hydroxylation sites is 1. The highest BCUT2D eigenvalue weighted by molar-refractivity contribution is 7.99. The van der Waals surface area contributed by atoms with Crippen molar-refractivity contribution in [1.29, 1.82) is 0 Å². The van der Waals surface area contributed by atoms with Crippen molar-refractivity contribution < 1.29 is 9.59 Å². The number of aryl methyl sites for hydroxylation is 1. The van der Waals surface area contributed by atoms with Crippen molar-refractivity contribution in [2.45, 2.75) is 30.1 Å². The topological polar surface area (TPSA) is 75.2 Å². The van der Waals surface area contributed by atoms with Gasteiger partial charge in [0.15, 0.2) is 0 Å². The number of hydrogen-bond acceptors (Lipinski definition) is 6. The van der Waals surface area contributed by atoms with E-state index in [4.69, 9.17) is 0 Å². The standard InChI is InChI=1S/C28H26N4O2S2/c33-25-18-21(19-32(25)22-13-5-2-6-14-22)27-30-31-28(36-27)29-26(34)23-15-7-8-16-24(23)35-17-9-12-20-10-3-1-4-11-20/h1-8,10-11,13-16,21H,9,12,17-19H2,(H,29,31,34). The summed E-state index contributed by atoms with van der Waals surface area (Å²) < 4.78 is 0. The van der Waals surface area contributed by atoms with Crippen LogP contribution in [-0.2, 0) is 11.2 Å². The third-order valence-electron chi connectivity index (χ3n) is 6.05. The largest absolute Gasteiger partial charge is 0.312 e. The molecule has 182 valence electrons. The Labute approximate surface area is 218 Å². The van der Waals surface area contributed by atoms with Crippen LogP contribution < -0.4 is 10.2 Å². The molecule has 1 saturated heterocycles. The van der Waals surface area contributed by atoms with Crippen molar-refractivity contribution in [2.24, 2.45) is 0 Å². The van der Waals surface area contributed by atoms with Crippen molar-refractivity contribution in [3.8, 4) is 0 Å². The first-order valence-electron chi connectivity index (χ1n) is 11.9. The highest BCUT2D eigenvalue weighted by Gasteiger charge is 2.34. The average Bonchev–Trinajstić information content (AvgIpc) is 3.54. The zero-order valence-electron chi connectivity index (χ0n) is 19.7. The van der Waals surface area contributed by atoms with Gasteiger partial charge in [-0.1, -0.05) is 72.0 Å². The van der Waals surface area contributed by atoms with Crippen LogP contribution in [0.1, 0.15) is 39.7 Å². The normalized spacial score (nSPS) is 15.3. The summed E-state index contributed by atoms with van der Waals surface area (Å²) in [5, 5.41) is 12.6. The van der Waals surface area contributed by atoms with E-state index in [1.165, 1.54) is 16.9 Å². The maximum Gasteiger partial charge on any atom is 0.258 e. The number of carbonyl (C=O) groups excluding carboxylic acids is 2. The highest BCUT2D eigenvalue weighted by atomic mass is 32.2. The molecule has 8 heteroatoms. The summed E-state index contributed by atoms with van der Waals surface area (Å²) in [7, 11) is 0. The Morgan fingerprint density at radius 3 is 2.50 bits per heavy atom. The van der Waals surface area contributed by atoms with Gasteiger partial charge in [0, 0.05) is 29.5 Å². The molecule has 1 N–H and O–H groups in total. The molecular formula is C28H26N4O2S2. The van der Waals surface area contributed by atoms with Gasteiger partial charge in [0.25, 0.3) is 5.91 Å². The van der Waals surface area contributed by atoms with E-state index in [0.717, 1.165) is 34.2 Å². The Balaban J connectivity index is 1.18. The van der Waals surface area contributed by atoms with E-state index < -0.39 is 0 Å². The molecule has 1 aromatic heterocycles. The summed E-state index contributed by atoms with van der Waals surface area (Å²) in [4.78, 5) is 28.4. The van der Waals surface area contributed by atoms with Crippen molar-refractivity contribution in [3.63, 3.8) is 0 Å². The zero-order valence-corrected chi connectivity index (χ0v) is 21.3. The van der Waals surface area contributed by atoms with E-state index in [1.807, 2.05) is 60.7 Å². The van der Waals surface area contributed by atoms with Gasteiger partial charge >= 0.3 is 0 Å². The first kappa shape index (κ1) is 24.2. The van der Waals surface area contributed by atoms with Crippen LogP contribution in [0.2, 0.25) is 0 Å². The monoisotopic (exact) mass is 514 g/mol. The van der Waals surface area contributed by atoms with Crippen molar-refractivity contribution >= 4 is 45.7 Å². The molecule has 0 aliphatic carbocycles. The fourth-order valence-electron chi connectivity index (χ4n) is 4.23. The molecule has 0 radical (unpaired) electrons. The minimum Gasteiger partial charge on any atom is -0.312 e. The number of aromatic nitrogens is 2. The first-order chi connectivity index (χ1) is 17.7. The predicted octanol–water partition coefficient (Wildman–Crippen LogP) is 6.04. The van der Waals surface area contributed by atoms with E-state index in [0.29, 0.717) is 23.7 Å². The Morgan fingerprint density at radius 1 is 0.972 bits per heavy atom. The number of anilines is 2. The van der Waals surface area contributed by atoms with Crippen LogP contribution in [0.4, 0.5) is 10.8 Å². The molecule has 2 heterocycles. The van der Waals surface area contributed by atoms with Gasteiger partial charge in [-0.25, -0.2) is 0 Å². The number of amides is 2. The molecule has 1 atom stereocenters. The molecule has 1 aliphatic heterocycles. The number of carbonyl (C=O) groups is 2. The number of nitrogens with one attached hydrogen (secondary N) is 1. The van der Waals surface area contributed by atoms with Gasteiger partial charge in [-0.3, -0.25) is 14.9 Å². The summed E-state index contributed by atoms with van der Waals surface area (Å²) in [5.74, 6) is 0.770.